The minimum absolute atomic E-state index is 0.848. The number of ether oxygens (including phenoxy) is 1. The predicted octanol–water partition coefficient (Wildman–Crippen LogP) is 3.99. The fraction of sp³-hybridized carbons (Fsp3) is 0.833. The lowest BCUT2D eigenvalue weighted by molar-refractivity contribution is 0.242. The molecule has 0 aromatic rings. The van der Waals surface area contributed by atoms with Crippen molar-refractivity contribution in [2.45, 2.75) is 50.2 Å². The zero-order chi connectivity index (χ0) is 10.1. The Morgan fingerprint density at radius 3 is 3.00 bits per heavy atom. The second kappa shape index (κ2) is 8.22. The minimum atomic E-state index is 0.848. The monoisotopic (exact) mass is 214 g/mol. The van der Waals surface area contributed by atoms with Gasteiger partial charge in [0.25, 0.3) is 0 Å². The molecule has 82 valence electrons. The first-order chi connectivity index (χ1) is 6.93. The largest absolute Gasteiger partial charge is 0.502 e. The number of rotatable bonds is 5. The molecule has 1 rings (SSSR count). The third kappa shape index (κ3) is 5.58. The Balaban J connectivity index is 2.04. The average molecular weight is 214 g/mol. The van der Waals surface area contributed by atoms with E-state index in [1.165, 1.54) is 50.7 Å². The van der Waals surface area contributed by atoms with Crippen LogP contribution in [0, 0.1) is 0 Å². The maximum absolute atomic E-state index is 5.14. The second-order valence-corrected chi connectivity index (χ2v) is 5.28. The summed E-state index contributed by atoms with van der Waals surface area (Å²) in [5.74, 6) is 1.37. The number of thioether (sulfide) groups is 1. The van der Waals surface area contributed by atoms with E-state index in [2.05, 4.69) is 18.3 Å². The minimum Gasteiger partial charge on any atom is -0.502 e. The van der Waals surface area contributed by atoms with Crippen LogP contribution in [0.4, 0.5) is 0 Å². The molecule has 0 aliphatic carbocycles. The van der Waals surface area contributed by atoms with Crippen LogP contribution in [0.25, 0.3) is 0 Å². The van der Waals surface area contributed by atoms with Crippen molar-refractivity contribution < 1.29 is 4.74 Å². The van der Waals surface area contributed by atoms with E-state index in [1.54, 1.807) is 6.26 Å². The van der Waals surface area contributed by atoms with E-state index in [0.717, 1.165) is 11.9 Å². The zero-order valence-corrected chi connectivity index (χ0v) is 9.86. The van der Waals surface area contributed by atoms with E-state index in [4.69, 9.17) is 4.74 Å². The summed E-state index contributed by atoms with van der Waals surface area (Å²) in [6, 6.07) is 0. The standard InChI is InChI=1S/C12H22OS/c1-2-13-10-7-9-12-8-5-3-4-6-11-14-12/h2,12H,1,3-11H2. The highest BCUT2D eigenvalue weighted by Gasteiger charge is 2.10. The number of hydrogen-bond acceptors (Lipinski definition) is 2. The highest BCUT2D eigenvalue weighted by atomic mass is 32.2. The van der Waals surface area contributed by atoms with Gasteiger partial charge in [-0.25, -0.2) is 0 Å². The van der Waals surface area contributed by atoms with Gasteiger partial charge in [-0.15, -0.1) is 0 Å². The summed E-state index contributed by atoms with van der Waals surface area (Å²) in [6.45, 7) is 4.39. The lowest BCUT2D eigenvalue weighted by Crippen LogP contribution is -2.07. The summed E-state index contributed by atoms with van der Waals surface area (Å²) in [7, 11) is 0. The quantitative estimate of drug-likeness (QED) is 0.505. The topological polar surface area (TPSA) is 9.23 Å². The van der Waals surface area contributed by atoms with Crippen molar-refractivity contribution in [2.75, 3.05) is 12.4 Å². The van der Waals surface area contributed by atoms with E-state index >= 15 is 0 Å². The zero-order valence-electron chi connectivity index (χ0n) is 9.04. The fourth-order valence-electron chi connectivity index (χ4n) is 1.87. The molecule has 1 saturated heterocycles. The van der Waals surface area contributed by atoms with Gasteiger partial charge in [-0.3, -0.25) is 0 Å². The van der Waals surface area contributed by atoms with Crippen molar-refractivity contribution in [3.05, 3.63) is 12.8 Å². The van der Waals surface area contributed by atoms with Crippen molar-refractivity contribution in [1.29, 1.82) is 0 Å². The molecule has 1 fully saturated rings. The van der Waals surface area contributed by atoms with E-state index in [-0.39, 0.29) is 0 Å². The van der Waals surface area contributed by atoms with Gasteiger partial charge >= 0.3 is 0 Å². The Morgan fingerprint density at radius 1 is 1.29 bits per heavy atom. The van der Waals surface area contributed by atoms with Gasteiger partial charge in [0.1, 0.15) is 0 Å². The first-order valence-electron chi connectivity index (χ1n) is 5.77. The van der Waals surface area contributed by atoms with Crippen LogP contribution in [0.15, 0.2) is 12.8 Å². The fourth-order valence-corrected chi connectivity index (χ4v) is 3.24. The van der Waals surface area contributed by atoms with E-state index in [0.29, 0.717) is 0 Å². The van der Waals surface area contributed by atoms with Crippen LogP contribution in [0.1, 0.15) is 44.9 Å². The Bertz CT molecular complexity index is 139. The lowest BCUT2D eigenvalue weighted by atomic mass is 10.1. The molecule has 0 saturated carbocycles. The summed E-state index contributed by atoms with van der Waals surface area (Å²) in [5, 5.41) is 0.892. The SMILES string of the molecule is C=COCCCC1CCCCCCS1. The van der Waals surface area contributed by atoms with Gasteiger partial charge in [-0.1, -0.05) is 25.8 Å². The molecule has 0 spiro atoms. The highest BCUT2D eigenvalue weighted by Crippen LogP contribution is 2.26. The molecule has 1 nitrogen and oxygen atoms in total. The molecule has 14 heavy (non-hydrogen) atoms. The Hall–Kier alpha value is -0.110. The Kier molecular flexibility index (Phi) is 7.02. The molecule has 1 heterocycles. The lowest BCUT2D eigenvalue weighted by Gasteiger charge is -2.18. The van der Waals surface area contributed by atoms with Crippen molar-refractivity contribution in [3.8, 4) is 0 Å². The summed E-state index contributed by atoms with van der Waals surface area (Å²) < 4.78 is 5.14. The summed E-state index contributed by atoms with van der Waals surface area (Å²) in [6.07, 6.45) is 11.2. The molecule has 1 unspecified atom stereocenters. The van der Waals surface area contributed by atoms with Crippen LogP contribution >= 0.6 is 11.8 Å². The summed E-state index contributed by atoms with van der Waals surface area (Å²) in [5.41, 5.74) is 0. The van der Waals surface area contributed by atoms with Crippen LogP contribution in [-0.2, 0) is 4.74 Å². The molecular formula is C12H22OS. The van der Waals surface area contributed by atoms with Gasteiger partial charge in [0.15, 0.2) is 0 Å². The highest BCUT2D eigenvalue weighted by molar-refractivity contribution is 7.99. The molecular weight excluding hydrogens is 192 g/mol. The molecule has 1 aliphatic rings. The predicted molar refractivity (Wildman–Crippen MR) is 64.7 cm³/mol. The van der Waals surface area contributed by atoms with Crippen molar-refractivity contribution in [3.63, 3.8) is 0 Å². The molecule has 0 bridgehead atoms. The van der Waals surface area contributed by atoms with E-state index in [1.807, 2.05) is 0 Å². The van der Waals surface area contributed by atoms with Crippen molar-refractivity contribution in [1.82, 2.24) is 0 Å². The van der Waals surface area contributed by atoms with Gasteiger partial charge in [0.05, 0.1) is 12.9 Å². The third-order valence-corrected chi connectivity index (χ3v) is 4.15. The van der Waals surface area contributed by atoms with E-state index in [9.17, 15) is 0 Å². The van der Waals surface area contributed by atoms with Gasteiger partial charge < -0.3 is 4.74 Å². The van der Waals surface area contributed by atoms with Crippen molar-refractivity contribution >= 4 is 11.8 Å². The average Bonchev–Trinajstić information content (AvgIpc) is 2.15. The summed E-state index contributed by atoms with van der Waals surface area (Å²) in [4.78, 5) is 0. The number of hydrogen-bond donors (Lipinski definition) is 0. The maximum Gasteiger partial charge on any atom is 0.0873 e. The molecule has 0 radical (unpaired) electrons. The molecule has 1 aliphatic heterocycles. The molecule has 0 amide bonds. The smallest absolute Gasteiger partial charge is 0.0873 e. The normalized spacial score (nSPS) is 23.6. The van der Waals surface area contributed by atoms with Gasteiger partial charge in [-0.2, -0.15) is 11.8 Å². The van der Waals surface area contributed by atoms with Gasteiger partial charge in [0.2, 0.25) is 0 Å². The molecule has 0 N–H and O–H groups in total. The summed E-state index contributed by atoms with van der Waals surface area (Å²) >= 11 is 2.17. The van der Waals surface area contributed by atoms with Gasteiger partial charge in [0, 0.05) is 5.25 Å². The Morgan fingerprint density at radius 2 is 2.14 bits per heavy atom. The van der Waals surface area contributed by atoms with Crippen LogP contribution in [0.3, 0.4) is 0 Å². The Labute approximate surface area is 92.3 Å². The third-order valence-electron chi connectivity index (χ3n) is 2.68. The van der Waals surface area contributed by atoms with Crippen molar-refractivity contribution in [2.24, 2.45) is 0 Å². The second-order valence-electron chi connectivity index (χ2n) is 3.88. The van der Waals surface area contributed by atoms with Crippen LogP contribution in [0.2, 0.25) is 0 Å². The van der Waals surface area contributed by atoms with Gasteiger partial charge in [-0.05, 0) is 31.4 Å². The van der Waals surface area contributed by atoms with Crippen LogP contribution in [-0.4, -0.2) is 17.6 Å². The first-order valence-corrected chi connectivity index (χ1v) is 6.82. The molecule has 2 heteroatoms. The molecule has 0 aromatic heterocycles. The molecule has 1 atom stereocenters. The maximum atomic E-state index is 5.14. The van der Waals surface area contributed by atoms with Crippen LogP contribution < -0.4 is 0 Å². The van der Waals surface area contributed by atoms with Crippen LogP contribution in [0.5, 0.6) is 0 Å². The molecule has 0 aromatic carbocycles. The van der Waals surface area contributed by atoms with E-state index < -0.39 is 0 Å². The first kappa shape index (κ1) is 12.0.